The molecule has 1 amide bonds. The Kier molecular flexibility index (Phi) is 6.23. The van der Waals surface area contributed by atoms with Crippen LogP contribution in [0.25, 0.3) is 0 Å². The number of methoxy groups -OCH3 is 1. The van der Waals surface area contributed by atoms with Crippen LogP contribution in [0, 0.1) is 0 Å². The lowest BCUT2D eigenvalue weighted by Gasteiger charge is -2.17. The molecule has 0 aliphatic rings. The van der Waals surface area contributed by atoms with E-state index in [0.29, 0.717) is 30.3 Å². The highest BCUT2D eigenvalue weighted by atomic mass is 35.5. The number of benzene rings is 1. The lowest BCUT2D eigenvalue weighted by atomic mass is 10.2. The van der Waals surface area contributed by atoms with E-state index >= 15 is 0 Å². The van der Waals surface area contributed by atoms with Crippen molar-refractivity contribution >= 4 is 23.2 Å². The van der Waals surface area contributed by atoms with Crippen LogP contribution in [0.15, 0.2) is 42.6 Å². The summed E-state index contributed by atoms with van der Waals surface area (Å²) in [4.78, 5) is 18.0. The molecule has 0 aliphatic heterocycles. The van der Waals surface area contributed by atoms with E-state index in [1.165, 1.54) is 0 Å². The molecular formula is C17H20ClN3O2. The molecule has 1 N–H and O–H groups in total. The molecule has 0 bridgehead atoms. The molecule has 0 fully saturated rings. The van der Waals surface area contributed by atoms with Crippen LogP contribution in [0.2, 0.25) is 5.02 Å². The predicted octanol–water partition coefficient (Wildman–Crippen LogP) is 3.20. The zero-order valence-electron chi connectivity index (χ0n) is 13.3. The van der Waals surface area contributed by atoms with Crippen molar-refractivity contribution in [2.75, 3.05) is 26.0 Å². The summed E-state index contributed by atoms with van der Waals surface area (Å²) in [5, 5.41) is 3.80. The molecule has 23 heavy (non-hydrogen) atoms. The summed E-state index contributed by atoms with van der Waals surface area (Å²) in [6.07, 6.45) is 2.10. The van der Waals surface area contributed by atoms with Gasteiger partial charge in [0.25, 0.3) is 0 Å². The van der Waals surface area contributed by atoms with Crippen molar-refractivity contribution in [3.8, 4) is 5.75 Å². The van der Waals surface area contributed by atoms with Gasteiger partial charge in [0.05, 0.1) is 25.0 Å². The fraction of sp³-hybridized carbons (Fsp3) is 0.294. The number of pyridine rings is 1. The van der Waals surface area contributed by atoms with Gasteiger partial charge in [-0.1, -0.05) is 17.7 Å². The molecule has 0 spiro atoms. The van der Waals surface area contributed by atoms with Crippen LogP contribution in [0.1, 0.15) is 12.1 Å². The Hall–Kier alpha value is -2.27. The number of halogens is 1. The van der Waals surface area contributed by atoms with Crippen LogP contribution >= 0.6 is 11.6 Å². The Labute approximate surface area is 141 Å². The normalized spacial score (nSPS) is 10.2. The fourth-order valence-corrected chi connectivity index (χ4v) is 2.31. The topological polar surface area (TPSA) is 54.5 Å². The number of hydrogen-bond donors (Lipinski definition) is 1. The van der Waals surface area contributed by atoms with Gasteiger partial charge in [0, 0.05) is 31.2 Å². The van der Waals surface area contributed by atoms with Gasteiger partial charge in [-0.25, -0.2) is 0 Å². The van der Waals surface area contributed by atoms with Gasteiger partial charge in [0.1, 0.15) is 5.75 Å². The number of carbonyl (C=O) groups is 1. The summed E-state index contributed by atoms with van der Waals surface area (Å²) in [7, 11) is 3.37. The van der Waals surface area contributed by atoms with Crippen LogP contribution in [0.4, 0.5) is 5.69 Å². The van der Waals surface area contributed by atoms with Crippen molar-refractivity contribution in [2.45, 2.75) is 13.0 Å². The van der Waals surface area contributed by atoms with Crippen LogP contribution in [0.3, 0.4) is 0 Å². The Bertz CT molecular complexity index is 650. The number of aromatic nitrogens is 1. The third kappa shape index (κ3) is 5.14. The average Bonchev–Trinajstić information content (AvgIpc) is 2.56. The SMILES string of the molecule is COc1ccc(Cl)cc1NCCC(=O)N(C)Cc1ccccn1. The molecule has 0 saturated heterocycles. The first kappa shape index (κ1) is 17.1. The molecule has 0 unspecified atom stereocenters. The number of nitrogens with one attached hydrogen (secondary N) is 1. The van der Waals surface area contributed by atoms with Crippen LogP contribution in [-0.2, 0) is 11.3 Å². The second kappa shape index (κ2) is 8.39. The third-order valence-corrected chi connectivity index (χ3v) is 3.60. The van der Waals surface area contributed by atoms with Crippen molar-refractivity contribution in [3.05, 3.63) is 53.3 Å². The Morgan fingerprint density at radius 2 is 2.17 bits per heavy atom. The van der Waals surface area contributed by atoms with E-state index in [0.717, 1.165) is 11.4 Å². The second-order valence-corrected chi connectivity index (χ2v) is 5.53. The van der Waals surface area contributed by atoms with Gasteiger partial charge in [-0.2, -0.15) is 0 Å². The highest BCUT2D eigenvalue weighted by Crippen LogP contribution is 2.27. The van der Waals surface area contributed by atoms with Crippen molar-refractivity contribution < 1.29 is 9.53 Å². The highest BCUT2D eigenvalue weighted by Gasteiger charge is 2.10. The monoisotopic (exact) mass is 333 g/mol. The zero-order valence-corrected chi connectivity index (χ0v) is 14.0. The van der Waals surface area contributed by atoms with Crippen molar-refractivity contribution in [1.82, 2.24) is 9.88 Å². The van der Waals surface area contributed by atoms with Gasteiger partial charge in [-0.05, 0) is 30.3 Å². The molecule has 122 valence electrons. The molecule has 0 radical (unpaired) electrons. The summed E-state index contributed by atoms with van der Waals surface area (Å²) in [5.74, 6) is 0.743. The quantitative estimate of drug-likeness (QED) is 0.845. The maximum atomic E-state index is 12.2. The predicted molar refractivity (Wildman–Crippen MR) is 91.8 cm³/mol. The minimum absolute atomic E-state index is 0.0455. The third-order valence-electron chi connectivity index (χ3n) is 3.37. The van der Waals surface area contributed by atoms with E-state index < -0.39 is 0 Å². The molecule has 2 rings (SSSR count). The Morgan fingerprint density at radius 3 is 2.87 bits per heavy atom. The largest absolute Gasteiger partial charge is 0.495 e. The first-order chi connectivity index (χ1) is 11.1. The molecule has 5 nitrogen and oxygen atoms in total. The Balaban J connectivity index is 1.84. The summed E-state index contributed by atoms with van der Waals surface area (Å²) in [6, 6.07) is 11.0. The fourth-order valence-electron chi connectivity index (χ4n) is 2.14. The van der Waals surface area contributed by atoms with Crippen molar-refractivity contribution in [3.63, 3.8) is 0 Å². The first-order valence-corrected chi connectivity index (χ1v) is 7.69. The molecule has 0 saturated carbocycles. The maximum absolute atomic E-state index is 12.2. The van der Waals surface area contributed by atoms with E-state index in [1.54, 1.807) is 43.5 Å². The standard InChI is InChI=1S/C17H20ClN3O2/c1-21(12-14-5-3-4-9-19-14)17(22)8-10-20-15-11-13(18)6-7-16(15)23-2/h3-7,9,11,20H,8,10,12H2,1-2H3. The lowest BCUT2D eigenvalue weighted by molar-refractivity contribution is -0.130. The molecular weight excluding hydrogens is 314 g/mol. The van der Waals surface area contributed by atoms with E-state index in [4.69, 9.17) is 16.3 Å². The van der Waals surface area contributed by atoms with E-state index in [1.807, 2.05) is 18.2 Å². The molecule has 6 heteroatoms. The molecule has 1 heterocycles. The molecule has 1 aromatic carbocycles. The zero-order chi connectivity index (χ0) is 16.7. The summed E-state index contributed by atoms with van der Waals surface area (Å²) in [5.41, 5.74) is 1.65. The number of carbonyl (C=O) groups excluding carboxylic acids is 1. The highest BCUT2D eigenvalue weighted by molar-refractivity contribution is 6.30. The smallest absolute Gasteiger partial charge is 0.224 e. The number of anilines is 1. The minimum atomic E-state index is 0.0455. The van der Waals surface area contributed by atoms with Crippen LogP contribution < -0.4 is 10.1 Å². The number of amides is 1. The van der Waals surface area contributed by atoms with Gasteiger partial charge in [0.2, 0.25) is 5.91 Å². The minimum Gasteiger partial charge on any atom is -0.495 e. The number of nitrogens with zero attached hydrogens (tertiary/aromatic N) is 2. The van der Waals surface area contributed by atoms with Gasteiger partial charge in [0.15, 0.2) is 0 Å². The summed E-state index contributed by atoms with van der Waals surface area (Å²) < 4.78 is 5.26. The van der Waals surface area contributed by atoms with E-state index in [-0.39, 0.29) is 5.91 Å². The van der Waals surface area contributed by atoms with E-state index in [2.05, 4.69) is 10.3 Å². The summed E-state index contributed by atoms with van der Waals surface area (Å²) in [6.45, 7) is 1.00. The molecule has 1 aromatic heterocycles. The molecule has 0 atom stereocenters. The van der Waals surface area contributed by atoms with E-state index in [9.17, 15) is 4.79 Å². The molecule has 0 aliphatic carbocycles. The second-order valence-electron chi connectivity index (χ2n) is 5.09. The maximum Gasteiger partial charge on any atom is 0.224 e. The Morgan fingerprint density at radius 1 is 1.35 bits per heavy atom. The van der Waals surface area contributed by atoms with Crippen LogP contribution in [-0.4, -0.2) is 36.5 Å². The number of rotatable bonds is 7. The average molecular weight is 334 g/mol. The first-order valence-electron chi connectivity index (χ1n) is 7.31. The molecule has 2 aromatic rings. The van der Waals surface area contributed by atoms with Gasteiger partial charge < -0.3 is 15.0 Å². The van der Waals surface area contributed by atoms with Crippen molar-refractivity contribution in [1.29, 1.82) is 0 Å². The van der Waals surface area contributed by atoms with Gasteiger partial charge in [-0.3, -0.25) is 9.78 Å². The number of hydrogen-bond acceptors (Lipinski definition) is 4. The van der Waals surface area contributed by atoms with Crippen LogP contribution in [0.5, 0.6) is 5.75 Å². The summed E-state index contributed by atoms with van der Waals surface area (Å²) >= 11 is 5.98. The van der Waals surface area contributed by atoms with Gasteiger partial charge >= 0.3 is 0 Å². The van der Waals surface area contributed by atoms with Crippen molar-refractivity contribution in [2.24, 2.45) is 0 Å². The number of ether oxygens (including phenoxy) is 1. The lowest BCUT2D eigenvalue weighted by Crippen LogP contribution is -2.28. The van der Waals surface area contributed by atoms with Gasteiger partial charge in [-0.15, -0.1) is 0 Å².